The molecule has 3 heteroatoms. The Morgan fingerprint density at radius 3 is 2.50 bits per heavy atom. The third-order valence-electron chi connectivity index (χ3n) is 4.76. The first kappa shape index (κ1) is 15.5. The molecule has 1 aliphatic rings. The maximum atomic E-state index is 10.8. The summed E-state index contributed by atoms with van der Waals surface area (Å²) in [5.41, 5.74) is 0.791. The molecule has 1 N–H and O–H groups in total. The van der Waals surface area contributed by atoms with Crippen LogP contribution in [-0.2, 0) is 0 Å². The number of hydrogen-bond acceptors (Lipinski definition) is 3. The van der Waals surface area contributed by atoms with Crippen LogP contribution in [0.25, 0.3) is 0 Å². The summed E-state index contributed by atoms with van der Waals surface area (Å²) >= 11 is 0. The smallest absolute Gasteiger partial charge is 0.0774 e. The van der Waals surface area contributed by atoms with Gasteiger partial charge >= 0.3 is 0 Å². The Kier molecular flexibility index (Phi) is 5.17. The van der Waals surface area contributed by atoms with E-state index in [1.165, 1.54) is 5.56 Å². The molecular weight excluding hydrogens is 248 g/mol. The predicted molar refractivity (Wildman–Crippen MR) is 82.5 cm³/mol. The van der Waals surface area contributed by atoms with Gasteiger partial charge in [0.1, 0.15) is 0 Å². The molecular formula is C17H28N2O. The first-order valence-electron chi connectivity index (χ1n) is 7.86. The van der Waals surface area contributed by atoms with Gasteiger partial charge in [-0.25, -0.2) is 0 Å². The third kappa shape index (κ3) is 3.80. The van der Waals surface area contributed by atoms with Crippen molar-refractivity contribution in [1.29, 1.82) is 0 Å². The lowest BCUT2D eigenvalue weighted by atomic mass is 9.79. The van der Waals surface area contributed by atoms with Crippen molar-refractivity contribution < 1.29 is 5.11 Å². The van der Waals surface area contributed by atoms with Crippen molar-refractivity contribution in [2.24, 2.45) is 5.92 Å². The topological polar surface area (TPSA) is 36.4 Å². The number of pyridine rings is 1. The summed E-state index contributed by atoms with van der Waals surface area (Å²) in [7, 11) is 2.13. The Balaban J connectivity index is 2.01. The molecule has 1 aliphatic carbocycles. The van der Waals surface area contributed by atoms with Crippen LogP contribution in [0.3, 0.4) is 0 Å². The highest BCUT2D eigenvalue weighted by atomic mass is 16.3. The van der Waals surface area contributed by atoms with Crippen molar-refractivity contribution in [3.05, 3.63) is 30.1 Å². The largest absolute Gasteiger partial charge is 0.389 e. The highest BCUT2D eigenvalue weighted by molar-refractivity contribution is 5.15. The third-order valence-corrected chi connectivity index (χ3v) is 4.76. The van der Waals surface area contributed by atoms with Gasteiger partial charge in [-0.2, -0.15) is 0 Å². The Labute approximate surface area is 123 Å². The van der Waals surface area contributed by atoms with Crippen LogP contribution < -0.4 is 0 Å². The minimum Gasteiger partial charge on any atom is -0.389 e. The molecule has 1 unspecified atom stereocenters. The average molecular weight is 276 g/mol. The number of hydrogen-bond donors (Lipinski definition) is 1. The lowest BCUT2D eigenvalue weighted by Crippen LogP contribution is -2.45. The van der Waals surface area contributed by atoms with Gasteiger partial charge in [0.05, 0.1) is 5.60 Å². The van der Waals surface area contributed by atoms with Crippen molar-refractivity contribution in [1.82, 2.24) is 9.88 Å². The number of likely N-dealkylation sites (N-methyl/N-ethyl adjacent to an activating group) is 1. The lowest BCUT2D eigenvalue weighted by molar-refractivity contribution is -0.0384. The Morgan fingerprint density at radius 2 is 1.95 bits per heavy atom. The van der Waals surface area contributed by atoms with E-state index in [0.29, 0.717) is 6.04 Å². The van der Waals surface area contributed by atoms with Gasteiger partial charge < -0.3 is 5.11 Å². The van der Waals surface area contributed by atoms with Crippen molar-refractivity contribution in [3.8, 4) is 0 Å². The molecule has 20 heavy (non-hydrogen) atoms. The summed E-state index contributed by atoms with van der Waals surface area (Å²) in [5, 5.41) is 10.8. The van der Waals surface area contributed by atoms with E-state index in [1.54, 1.807) is 0 Å². The summed E-state index contributed by atoms with van der Waals surface area (Å²) in [6.07, 6.45) is 8.92. The molecule has 1 aromatic heterocycles. The molecule has 112 valence electrons. The lowest BCUT2D eigenvalue weighted by Gasteiger charge is -2.40. The van der Waals surface area contributed by atoms with Crippen LogP contribution in [0.1, 0.15) is 57.6 Å². The van der Waals surface area contributed by atoms with Crippen molar-refractivity contribution >= 4 is 0 Å². The number of aromatic nitrogens is 1. The van der Waals surface area contributed by atoms with Crippen LogP contribution >= 0.6 is 0 Å². The zero-order valence-electron chi connectivity index (χ0n) is 13.0. The summed E-state index contributed by atoms with van der Waals surface area (Å²) in [5.74, 6) is 0.766. The zero-order chi connectivity index (χ0) is 14.6. The van der Waals surface area contributed by atoms with Gasteiger partial charge in [0.2, 0.25) is 0 Å². The maximum Gasteiger partial charge on any atom is 0.0774 e. The minimum atomic E-state index is -0.498. The molecule has 0 amide bonds. The Bertz CT molecular complexity index is 399. The Hall–Kier alpha value is -0.930. The SMILES string of the molecule is CCC(c1ccncc1)N(C)CC1(O)CCC(C)CC1. The van der Waals surface area contributed by atoms with Crippen molar-refractivity contribution in [2.75, 3.05) is 13.6 Å². The predicted octanol–water partition coefficient (Wildman–Crippen LogP) is 3.41. The fourth-order valence-electron chi connectivity index (χ4n) is 3.42. The molecule has 2 rings (SSSR count). The molecule has 0 aliphatic heterocycles. The van der Waals surface area contributed by atoms with Gasteiger partial charge in [0, 0.05) is 25.0 Å². The molecule has 0 bridgehead atoms. The molecule has 1 heterocycles. The molecule has 1 saturated carbocycles. The van der Waals surface area contributed by atoms with E-state index < -0.39 is 5.60 Å². The van der Waals surface area contributed by atoms with E-state index in [1.807, 2.05) is 12.4 Å². The van der Waals surface area contributed by atoms with E-state index in [4.69, 9.17) is 0 Å². The Morgan fingerprint density at radius 1 is 1.35 bits per heavy atom. The maximum absolute atomic E-state index is 10.8. The molecule has 1 fully saturated rings. The second-order valence-electron chi connectivity index (χ2n) is 6.53. The van der Waals surface area contributed by atoms with Gasteiger partial charge in [-0.05, 0) is 62.8 Å². The summed E-state index contributed by atoms with van der Waals surface area (Å²) in [6.45, 7) is 5.25. The summed E-state index contributed by atoms with van der Waals surface area (Å²) in [4.78, 5) is 6.40. The first-order valence-corrected chi connectivity index (χ1v) is 7.86. The van der Waals surface area contributed by atoms with Crippen LogP contribution in [-0.4, -0.2) is 34.2 Å². The van der Waals surface area contributed by atoms with E-state index in [9.17, 15) is 5.11 Å². The molecule has 1 aromatic rings. The van der Waals surface area contributed by atoms with Crippen molar-refractivity contribution in [3.63, 3.8) is 0 Å². The van der Waals surface area contributed by atoms with E-state index in [2.05, 4.69) is 42.9 Å². The normalized spacial score (nSPS) is 28.6. The molecule has 1 atom stereocenters. The van der Waals surface area contributed by atoms with Gasteiger partial charge in [-0.1, -0.05) is 13.8 Å². The number of rotatable bonds is 5. The fourth-order valence-corrected chi connectivity index (χ4v) is 3.42. The van der Waals surface area contributed by atoms with Crippen LogP contribution in [0.15, 0.2) is 24.5 Å². The highest BCUT2D eigenvalue weighted by Crippen LogP contribution is 2.34. The van der Waals surface area contributed by atoms with Gasteiger partial charge in [0.25, 0.3) is 0 Å². The highest BCUT2D eigenvalue weighted by Gasteiger charge is 2.34. The molecule has 0 radical (unpaired) electrons. The van der Waals surface area contributed by atoms with Gasteiger partial charge in [-0.3, -0.25) is 9.88 Å². The first-order chi connectivity index (χ1) is 9.54. The minimum absolute atomic E-state index is 0.362. The summed E-state index contributed by atoms with van der Waals surface area (Å²) < 4.78 is 0. The van der Waals surface area contributed by atoms with E-state index in [-0.39, 0.29) is 0 Å². The molecule has 0 saturated heterocycles. The second-order valence-corrected chi connectivity index (χ2v) is 6.53. The monoisotopic (exact) mass is 276 g/mol. The standard InChI is InChI=1S/C17H28N2O/c1-4-16(15-7-11-18-12-8-15)19(3)13-17(20)9-5-14(2)6-10-17/h7-8,11-12,14,16,20H,4-6,9-10,13H2,1-3H3. The quantitative estimate of drug-likeness (QED) is 0.895. The van der Waals surface area contributed by atoms with Crippen molar-refractivity contribution in [2.45, 2.75) is 57.6 Å². The molecule has 3 nitrogen and oxygen atoms in total. The molecule has 0 aromatic carbocycles. The average Bonchev–Trinajstić information content (AvgIpc) is 2.44. The van der Waals surface area contributed by atoms with Crippen LogP contribution in [0, 0.1) is 5.92 Å². The second kappa shape index (κ2) is 6.68. The van der Waals surface area contributed by atoms with Crippen LogP contribution in [0.5, 0.6) is 0 Å². The van der Waals surface area contributed by atoms with Gasteiger partial charge in [0.15, 0.2) is 0 Å². The van der Waals surface area contributed by atoms with E-state index in [0.717, 1.165) is 44.6 Å². The number of aliphatic hydroxyl groups is 1. The van der Waals surface area contributed by atoms with Crippen LogP contribution in [0.4, 0.5) is 0 Å². The summed E-state index contributed by atoms with van der Waals surface area (Å²) in [6, 6.07) is 4.52. The number of nitrogens with zero attached hydrogens (tertiary/aromatic N) is 2. The molecule has 0 spiro atoms. The van der Waals surface area contributed by atoms with Gasteiger partial charge in [-0.15, -0.1) is 0 Å². The van der Waals surface area contributed by atoms with Crippen LogP contribution in [0.2, 0.25) is 0 Å². The van der Waals surface area contributed by atoms with E-state index >= 15 is 0 Å². The fraction of sp³-hybridized carbons (Fsp3) is 0.706. The zero-order valence-corrected chi connectivity index (χ0v) is 13.0.